The summed E-state index contributed by atoms with van der Waals surface area (Å²) in [5, 5.41) is 0. The van der Waals surface area contributed by atoms with Crippen LogP contribution in [0.4, 0.5) is 0 Å². The van der Waals surface area contributed by atoms with Crippen molar-refractivity contribution in [2.24, 2.45) is 0 Å². The lowest BCUT2D eigenvalue weighted by atomic mass is 10.1. The van der Waals surface area contributed by atoms with Crippen molar-refractivity contribution < 1.29 is 18.9 Å². The number of unbranched alkanes of at least 4 members (excludes halogenated alkanes) is 5. The Labute approximate surface area is 151 Å². The van der Waals surface area contributed by atoms with Crippen LogP contribution in [-0.2, 0) is 9.13 Å². The van der Waals surface area contributed by atoms with Crippen LogP contribution in [0.1, 0.15) is 105 Å². The fourth-order valence-electron chi connectivity index (χ4n) is 2.63. The van der Waals surface area contributed by atoms with Crippen LogP contribution in [0.3, 0.4) is 0 Å². The van der Waals surface area contributed by atoms with Crippen molar-refractivity contribution in [3.8, 4) is 0 Å². The van der Waals surface area contributed by atoms with Gasteiger partial charge < -0.3 is 9.79 Å². The molecule has 0 spiro atoms. The Kier molecular flexibility index (Phi) is 21.8. The molecule has 0 aliphatic rings. The monoisotopic (exact) mass is 384 g/mol. The lowest BCUT2D eigenvalue weighted by Crippen LogP contribution is -2.02. The summed E-state index contributed by atoms with van der Waals surface area (Å²) < 4.78 is 21.7. The first-order valence-corrected chi connectivity index (χ1v) is 12.8. The fourth-order valence-corrected chi connectivity index (χ4v) is 4.33. The summed E-state index contributed by atoms with van der Waals surface area (Å²) in [6.07, 6.45) is 12.8. The van der Waals surface area contributed by atoms with Crippen molar-refractivity contribution in [2.45, 2.75) is 116 Å². The molecule has 148 valence electrons. The first kappa shape index (κ1) is 26.6. The summed E-state index contributed by atoms with van der Waals surface area (Å²) in [6.45, 7) is 8.40. The molecule has 4 atom stereocenters. The van der Waals surface area contributed by atoms with Gasteiger partial charge in [0.25, 0.3) is 0 Å². The van der Waals surface area contributed by atoms with Gasteiger partial charge in [0, 0.05) is 11.3 Å². The maximum absolute atomic E-state index is 11.0. The summed E-state index contributed by atoms with van der Waals surface area (Å²) in [5.41, 5.74) is 0.169. The molecule has 6 heteroatoms. The summed E-state index contributed by atoms with van der Waals surface area (Å²) in [6, 6.07) is 0. The van der Waals surface area contributed by atoms with E-state index in [0.29, 0.717) is 0 Å². The molecular formula is C18H42O4P2. The van der Waals surface area contributed by atoms with E-state index in [1.807, 2.05) is 6.92 Å². The van der Waals surface area contributed by atoms with Gasteiger partial charge in [-0.25, -0.2) is 0 Å². The second kappa shape index (κ2) is 19.7. The van der Waals surface area contributed by atoms with Gasteiger partial charge in [0.05, 0.1) is 0 Å². The Hall–Kier alpha value is 0.380. The SMILES string of the molecule is CCCCCC(CC)[PH](=O)O.CCCCCC(CCCC)[PH](=O)O. The minimum Gasteiger partial charge on any atom is -0.346 e. The standard InChI is InChI=1S/C10H23O2P.C8H19O2P/c1-3-5-7-9-10(13(11)12)8-6-4-2;1-3-5-6-7-8(4-2)11(9)10/h10,13H,3-9H2,1-2H3,(H,11,12);8,11H,3-7H2,1-2H3,(H,9,10). The summed E-state index contributed by atoms with van der Waals surface area (Å²) in [7, 11) is -4.53. The van der Waals surface area contributed by atoms with Gasteiger partial charge in [0.1, 0.15) is 0 Å². The third kappa shape index (κ3) is 17.2. The molecule has 24 heavy (non-hydrogen) atoms. The zero-order chi connectivity index (χ0) is 18.8. The normalized spacial score (nSPS) is 15.9. The predicted molar refractivity (Wildman–Crippen MR) is 108 cm³/mol. The van der Waals surface area contributed by atoms with Gasteiger partial charge in [-0.05, 0) is 25.7 Å². The van der Waals surface area contributed by atoms with E-state index >= 15 is 0 Å². The molecule has 0 aliphatic carbocycles. The molecule has 0 radical (unpaired) electrons. The lowest BCUT2D eigenvalue weighted by Gasteiger charge is -2.12. The maximum Gasteiger partial charge on any atom is 0.192 e. The molecule has 0 rings (SSSR count). The van der Waals surface area contributed by atoms with Gasteiger partial charge in [-0.3, -0.25) is 9.13 Å². The van der Waals surface area contributed by atoms with Gasteiger partial charge >= 0.3 is 0 Å². The third-order valence-corrected chi connectivity index (χ3v) is 7.08. The molecule has 0 aromatic rings. The predicted octanol–water partition coefficient (Wildman–Crippen LogP) is 6.40. The molecular weight excluding hydrogens is 342 g/mol. The maximum atomic E-state index is 11.0. The van der Waals surface area contributed by atoms with Gasteiger partial charge in [-0.2, -0.15) is 0 Å². The Morgan fingerprint density at radius 3 is 1.33 bits per heavy atom. The van der Waals surface area contributed by atoms with E-state index in [4.69, 9.17) is 9.79 Å². The van der Waals surface area contributed by atoms with Crippen molar-refractivity contribution in [3.63, 3.8) is 0 Å². The Morgan fingerprint density at radius 2 is 1.00 bits per heavy atom. The van der Waals surface area contributed by atoms with Crippen molar-refractivity contribution in [1.82, 2.24) is 0 Å². The second-order valence-electron chi connectivity index (χ2n) is 6.61. The van der Waals surface area contributed by atoms with Crippen LogP contribution in [0.5, 0.6) is 0 Å². The van der Waals surface area contributed by atoms with Crippen molar-refractivity contribution in [1.29, 1.82) is 0 Å². The Balaban J connectivity index is 0. The highest BCUT2D eigenvalue weighted by molar-refractivity contribution is 7.39. The zero-order valence-electron chi connectivity index (χ0n) is 16.4. The van der Waals surface area contributed by atoms with Crippen molar-refractivity contribution in [2.75, 3.05) is 0 Å². The average molecular weight is 384 g/mol. The first-order chi connectivity index (χ1) is 11.4. The van der Waals surface area contributed by atoms with E-state index in [0.717, 1.165) is 51.4 Å². The lowest BCUT2D eigenvalue weighted by molar-refractivity contribution is 0.467. The molecule has 0 fully saturated rings. The highest BCUT2D eigenvalue weighted by atomic mass is 31.1. The van der Waals surface area contributed by atoms with Crippen molar-refractivity contribution in [3.05, 3.63) is 0 Å². The van der Waals surface area contributed by atoms with E-state index in [9.17, 15) is 9.13 Å². The van der Waals surface area contributed by atoms with E-state index in [-0.39, 0.29) is 11.3 Å². The van der Waals surface area contributed by atoms with Gasteiger partial charge in [-0.1, -0.05) is 79.1 Å². The number of hydrogen-bond acceptors (Lipinski definition) is 2. The second-order valence-corrected chi connectivity index (χ2v) is 9.60. The Bertz CT molecular complexity index is 311. The molecule has 2 N–H and O–H groups in total. The molecule has 0 aromatic carbocycles. The van der Waals surface area contributed by atoms with E-state index in [2.05, 4.69) is 20.8 Å². The van der Waals surface area contributed by atoms with Gasteiger partial charge in [-0.15, -0.1) is 0 Å². The molecule has 0 amide bonds. The van der Waals surface area contributed by atoms with Crippen molar-refractivity contribution >= 4 is 16.1 Å². The van der Waals surface area contributed by atoms with E-state index in [1.54, 1.807) is 0 Å². The smallest absolute Gasteiger partial charge is 0.192 e. The van der Waals surface area contributed by atoms with Gasteiger partial charge in [0.2, 0.25) is 0 Å². The molecule has 4 nitrogen and oxygen atoms in total. The van der Waals surface area contributed by atoms with Crippen LogP contribution in [0.15, 0.2) is 0 Å². The molecule has 0 saturated carbocycles. The van der Waals surface area contributed by atoms with Crippen LogP contribution in [-0.4, -0.2) is 21.1 Å². The molecule has 0 bridgehead atoms. The number of hydrogen-bond donors (Lipinski definition) is 2. The number of rotatable bonds is 14. The zero-order valence-corrected chi connectivity index (χ0v) is 18.4. The largest absolute Gasteiger partial charge is 0.346 e. The molecule has 0 aliphatic heterocycles. The highest BCUT2D eigenvalue weighted by Crippen LogP contribution is 2.31. The quantitative estimate of drug-likeness (QED) is 0.268. The summed E-state index contributed by atoms with van der Waals surface area (Å²) in [4.78, 5) is 17.9. The van der Waals surface area contributed by atoms with Crippen LogP contribution >= 0.6 is 16.1 Å². The van der Waals surface area contributed by atoms with E-state index < -0.39 is 16.1 Å². The Morgan fingerprint density at radius 1 is 0.625 bits per heavy atom. The average Bonchev–Trinajstić information content (AvgIpc) is 2.55. The molecule has 0 heterocycles. The minimum atomic E-state index is -2.28. The van der Waals surface area contributed by atoms with Crippen LogP contribution in [0.25, 0.3) is 0 Å². The van der Waals surface area contributed by atoms with Crippen LogP contribution < -0.4 is 0 Å². The summed E-state index contributed by atoms with van der Waals surface area (Å²) >= 11 is 0. The first-order valence-electron chi connectivity index (χ1n) is 9.89. The van der Waals surface area contributed by atoms with E-state index in [1.165, 1.54) is 25.7 Å². The van der Waals surface area contributed by atoms with Crippen LogP contribution in [0, 0.1) is 0 Å². The molecule has 0 saturated heterocycles. The van der Waals surface area contributed by atoms with Crippen LogP contribution in [0.2, 0.25) is 0 Å². The molecule has 0 aromatic heterocycles. The third-order valence-electron chi connectivity index (χ3n) is 4.41. The minimum absolute atomic E-state index is 0.0755. The topological polar surface area (TPSA) is 74.6 Å². The van der Waals surface area contributed by atoms with Gasteiger partial charge in [0.15, 0.2) is 16.1 Å². The summed E-state index contributed by atoms with van der Waals surface area (Å²) in [5.74, 6) is 0. The fraction of sp³-hybridized carbons (Fsp3) is 1.00. The molecule has 4 unspecified atom stereocenters. The highest BCUT2D eigenvalue weighted by Gasteiger charge is 2.12.